The molecular weight excluding hydrogens is 280 g/mol. The Morgan fingerprint density at radius 1 is 1.04 bits per heavy atom. The Morgan fingerprint density at radius 3 is 2.26 bits per heavy atom. The molecule has 23 heavy (non-hydrogen) atoms. The molecule has 2 aliphatic carbocycles. The number of carbonyl (C=O) groups excluding carboxylic acids is 1. The topological polar surface area (TPSA) is 29.1 Å². The summed E-state index contributed by atoms with van der Waals surface area (Å²) >= 11 is 0. The Morgan fingerprint density at radius 2 is 1.65 bits per heavy atom. The van der Waals surface area contributed by atoms with Crippen molar-refractivity contribution in [1.29, 1.82) is 0 Å². The van der Waals surface area contributed by atoms with Crippen LogP contribution in [0.25, 0.3) is 0 Å². The van der Waals surface area contributed by atoms with Gasteiger partial charge in [0.1, 0.15) is 7.28 Å². The van der Waals surface area contributed by atoms with Crippen molar-refractivity contribution in [2.75, 3.05) is 0 Å². The van der Waals surface area contributed by atoms with E-state index in [1.54, 1.807) is 0 Å². The van der Waals surface area contributed by atoms with Crippen molar-refractivity contribution < 1.29 is 4.79 Å². The first kappa shape index (κ1) is 18.9. The lowest BCUT2D eigenvalue weighted by atomic mass is 9.33. The highest BCUT2D eigenvalue weighted by molar-refractivity contribution is 6.55. The van der Waals surface area contributed by atoms with E-state index in [-0.39, 0.29) is 11.5 Å². The average molecular weight is 317 g/mol. The van der Waals surface area contributed by atoms with Crippen molar-refractivity contribution in [2.24, 2.45) is 5.92 Å². The highest BCUT2D eigenvalue weighted by Crippen LogP contribution is 2.43. The third-order valence-electron chi connectivity index (χ3n) is 5.99. The van der Waals surface area contributed by atoms with Gasteiger partial charge >= 0.3 is 0 Å². The van der Waals surface area contributed by atoms with Crippen molar-refractivity contribution in [3.63, 3.8) is 0 Å². The predicted molar refractivity (Wildman–Crippen MR) is 104 cm³/mol. The molecule has 0 aromatic carbocycles. The minimum absolute atomic E-state index is 0.102. The van der Waals surface area contributed by atoms with Crippen molar-refractivity contribution in [1.82, 2.24) is 5.32 Å². The highest BCUT2D eigenvalue weighted by Gasteiger charge is 2.34. The van der Waals surface area contributed by atoms with Crippen LogP contribution in [0, 0.1) is 5.92 Å². The van der Waals surface area contributed by atoms with Crippen LogP contribution < -0.4 is 5.32 Å². The van der Waals surface area contributed by atoms with Crippen LogP contribution in [0.3, 0.4) is 0 Å². The van der Waals surface area contributed by atoms with Crippen LogP contribution in [0.2, 0.25) is 11.0 Å². The summed E-state index contributed by atoms with van der Waals surface area (Å²) in [4.78, 5) is 12.5. The molecule has 1 amide bonds. The van der Waals surface area contributed by atoms with Gasteiger partial charge in [0.05, 0.1) is 7.85 Å². The number of hydrogen-bond donors (Lipinski definition) is 1. The van der Waals surface area contributed by atoms with Crippen LogP contribution in [-0.2, 0) is 4.79 Å². The smallest absolute Gasteiger partial charge is 0.223 e. The van der Waals surface area contributed by atoms with Gasteiger partial charge in [-0.1, -0.05) is 68.8 Å². The Balaban J connectivity index is 1.88. The van der Waals surface area contributed by atoms with Gasteiger partial charge in [-0.05, 0) is 33.6 Å². The summed E-state index contributed by atoms with van der Waals surface area (Å²) in [6.45, 7) is 6.25. The first-order valence-electron chi connectivity index (χ1n) is 10.1. The maximum Gasteiger partial charge on any atom is 0.223 e. The molecule has 0 saturated heterocycles. The summed E-state index contributed by atoms with van der Waals surface area (Å²) in [5, 5.41) is 3.74. The van der Waals surface area contributed by atoms with E-state index >= 15 is 0 Å². The molecule has 2 aliphatic rings. The third kappa shape index (κ3) is 6.55. The second-order valence-electron chi connectivity index (χ2n) is 9.75. The summed E-state index contributed by atoms with van der Waals surface area (Å²) in [6, 6.07) is 0. The van der Waals surface area contributed by atoms with Crippen molar-refractivity contribution in [3.05, 3.63) is 0 Å². The van der Waals surface area contributed by atoms with Crippen LogP contribution >= 0.6 is 0 Å². The zero-order chi connectivity index (χ0) is 16.9. The lowest BCUT2D eigenvalue weighted by Crippen LogP contribution is -2.45. The van der Waals surface area contributed by atoms with E-state index in [4.69, 9.17) is 0 Å². The zero-order valence-corrected chi connectivity index (χ0v) is 16.0. The van der Waals surface area contributed by atoms with E-state index in [1.165, 1.54) is 65.1 Å². The van der Waals surface area contributed by atoms with Gasteiger partial charge in [0.25, 0.3) is 0 Å². The molecule has 130 valence electrons. The van der Waals surface area contributed by atoms with Gasteiger partial charge in [-0.3, -0.25) is 4.79 Å². The van der Waals surface area contributed by atoms with Crippen LogP contribution in [0.15, 0.2) is 0 Å². The van der Waals surface area contributed by atoms with E-state index in [0.29, 0.717) is 11.1 Å². The first-order valence-corrected chi connectivity index (χ1v) is 10.1. The van der Waals surface area contributed by atoms with Gasteiger partial charge < -0.3 is 5.32 Å². The van der Waals surface area contributed by atoms with Crippen molar-refractivity contribution in [3.8, 4) is 0 Å². The van der Waals surface area contributed by atoms with Crippen LogP contribution in [0.5, 0.6) is 0 Å². The SMILES string of the molecule is BC1(BC2CCCC(C(=O)NC(C)(C)C)C2)CCCCCCC1. The van der Waals surface area contributed by atoms with Crippen LogP contribution in [0.1, 0.15) is 91.4 Å². The molecule has 2 saturated carbocycles. The molecule has 2 unspecified atom stereocenters. The number of carbonyl (C=O) groups is 1. The van der Waals surface area contributed by atoms with Gasteiger partial charge in [-0.2, -0.15) is 0 Å². The summed E-state index contributed by atoms with van der Waals surface area (Å²) in [5.41, 5.74) is -0.102. The summed E-state index contributed by atoms with van der Waals surface area (Å²) < 4.78 is 0. The lowest BCUT2D eigenvalue weighted by Gasteiger charge is -2.37. The molecule has 0 heterocycles. The Labute approximate surface area is 145 Å². The van der Waals surface area contributed by atoms with Gasteiger partial charge in [0.2, 0.25) is 5.91 Å². The van der Waals surface area contributed by atoms with E-state index in [0.717, 1.165) is 18.7 Å². The summed E-state index contributed by atoms with van der Waals surface area (Å²) in [6.07, 6.45) is 14.7. The van der Waals surface area contributed by atoms with E-state index in [1.807, 2.05) is 0 Å². The monoisotopic (exact) mass is 317 g/mol. The largest absolute Gasteiger partial charge is 0.351 e. The number of hydrogen-bond acceptors (Lipinski definition) is 1. The average Bonchev–Trinajstić information content (AvgIpc) is 2.42. The highest BCUT2D eigenvalue weighted by atomic mass is 16.2. The summed E-state index contributed by atoms with van der Waals surface area (Å²) in [5.74, 6) is 1.32. The molecule has 2 fully saturated rings. The molecule has 2 nitrogen and oxygen atoms in total. The molecule has 0 spiro atoms. The molecule has 0 radical (unpaired) electrons. The van der Waals surface area contributed by atoms with E-state index in [9.17, 15) is 4.79 Å². The quantitative estimate of drug-likeness (QED) is 0.788. The minimum atomic E-state index is -0.102. The van der Waals surface area contributed by atoms with Crippen LogP contribution in [-0.4, -0.2) is 26.6 Å². The van der Waals surface area contributed by atoms with Gasteiger partial charge in [0, 0.05) is 11.5 Å². The minimum Gasteiger partial charge on any atom is -0.351 e. The molecule has 4 heteroatoms. The second-order valence-corrected chi connectivity index (χ2v) is 9.75. The molecular formula is C19H37B2NO. The Bertz CT molecular complexity index is 383. The maximum absolute atomic E-state index is 12.5. The Hall–Kier alpha value is -0.400. The van der Waals surface area contributed by atoms with Crippen molar-refractivity contribution >= 4 is 21.0 Å². The van der Waals surface area contributed by atoms with Crippen LogP contribution in [0.4, 0.5) is 0 Å². The fraction of sp³-hybridized carbons (Fsp3) is 0.947. The fourth-order valence-corrected chi connectivity index (χ4v) is 4.85. The molecule has 1 N–H and O–H groups in total. The summed E-state index contributed by atoms with van der Waals surface area (Å²) in [7, 11) is 3.88. The van der Waals surface area contributed by atoms with Gasteiger partial charge in [-0.25, -0.2) is 0 Å². The number of nitrogens with one attached hydrogen (secondary N) is 1. The van der Waals surface area contributed by atoms with Gasteiger partial charge in [-0.15, -0.1) is 0 Å². The van der Waals surface area contributed by atoms with Gasteiger partial charge in [0.15, 0.2) is 0 Å². The number of amides is 1. The Kier molecular flexibility index (Phi) is 6.68. The molecule has 0 aromatic heterocycles. The molecule has 2 atom stereocenters. The third-order valence-corrected chi connectivity index (χ3v) is 5.99. The second kappa shape index (κ2) is 8.12. The van der Waals surface area contributed by atoms with E-state index < -0.39 is 0 Å². The standard InChI is InChI=1S/C19H37B2NO/c1-18(2,3)22-17(23)15-10-9-11-16(14-15)21-19(20)12-7-5-4-6-8-13-19/h15-16,21H,4-14,20H2,1-3H3,(H,22,23). The lowest BCUT2D eigenvalue weighted by molar-refractivity contribution is -0.127. The molecule has 0 bridgehead atoms. The maximum atomic E-state index is 12.5. The fourth-order valence-electron chi connectivity index (χ4n) is 4.85. The van der Waals surface area contributed by atoms with E-state index in [2.05, 4.69) is 33.9 Å². The predicted octanol–water partition coefficient (Wildman–Crippen LogP) is 3.81. The first-order chi connectivity index (χ1) is 10.8. The zero-order valence-electron chi connectivity index (χ0n) is 16.0. The molecule has 0 aliphatic heterocycles. The molecule has 2 rings (SSSR count). The van der Waals surface area contributed by atoms with Crippen molar-refractivity contribution in [2.45, 2.75) is 108 Å². The molecule has 0 aromatic rings. The normalized spacial score (nSPS) is 29.2. The number of rotatable bonds is 3.